The lowest BCUT2D eigenvalue weighted by molar-refractivity contribution is -0.431. The lowest BCUT2D eigenvalue weighted by atomic mass is 9.84. The molecule has 0 fully saturated rings. The molecule has 6 rings (SSSR count). The molecule has 112 valence electrons. The molecule has 1 N–H and O–H groups in total. The Morgan fingerprint density at radius 3 is 2.05 bits per heavy atom. The van der Waals surface area contributed by atoms with Gasteiger partial charge in [0.2, 0.25) is 0 Å². The topological polar surface area (TPSA) is 80.4 Å². The molecule has 5 nitrogen and oxygen atoms in total. The molecule has 6 aliphatic rings. The van der Waals surface area contributed by atoms with Crippen LogP contribution < -0.4 is 0 Å². The normalized spacial score (nSPS) is 33.6. The van der Waals surface area contributed by atoms with Crippen LogP contribution in [0.5, 0.6) is 0 Å². The van der Waals surface area contributed by atoms with Gasteiger partial charge in [0.05, 0.1) is 10.8 Å². The van der Waals surface area contributed by atoms with Crippen molar-refractivity contribution in [2.75, 3.05) is 0 Å². The summed E-state index contributed by atoms with van der Waals surface area (Å²) in [6.07, 6.45) is 18.1. The van der Waals surface area contributed by atoms with Crippen LogP contribution in [0.15, 0.2) is 72.0 Å². The van der Waals surface area contributed by atoms with Gasteiger partial charge in [-0.1, -0.05) is 54.7 Å². The van der Waals surface area contributed by atoms with Crippen molar-refractivity contribution in [3.8, 4) is 0 Å². The zero-order valence-corrected chi connectivity index (χ0v) is 11.7. The number of hydrogen-bond donors (Lipinski definition) is 1. The highest BCUT2D eigenvalue weighted by Crippen LogP contribution is 2.30. The maximum Gasteiger partial charge on any atom is 0.332 e. The Balaban J connectivity index is 2.04. The van der Waals surface area contributed by atoms with Crippen LogP contribution in [0, 0.1) is 33.8 Å². The highest BCUT2D eigenvalue weighted by Gasteiger charge is 2.27. The molecule has 0 aromatic heterocycles. The number of nitrogens with zero attached hydrogens (tertiary/aromatic N) is 1. The molecule has 0 radical (unpaired) electrons. The van der Waals surface area contributed by atoms with E-state index in [4.69, 9.17) is 0 Å². The Bertz CT molecular complexity index is 635. The Morgan fingerprint density at radius 1 is 0.909 bits per heavy atom. The van der Waals surface area contributed by atoms with E-state index in [1.807, 2.05) is 30.4 Å². The molecule has 0 saturated carbocycles. The summed E-state index contributed by atoms with van der Waals surface area (Å²) in [4.78, 5) is 22.3. The lowest BCUT2D eigenvalue weighted by Gasteiger charge is -2.20. The quantitative estimate of drug-likeness (QED) is 0.483. The number of carboxylic acids is 1. The van der Waals surface area contributed by atoms with Gasteiger partial charge in [0, 0.05) is 29.4 Å². The summed E-state index contributed by atoms with van der Waals surface area (Å²) in [5.74, 6) is -1.99. The van der Waals surface area contributed by atoms with Crippen molar-refractivity contribution >= 4 is 5.97 Å². The number of carboxylic acid groups (broad SMARTS) is 1. The third-order valence-corrected chi connectivity index (χ3v) is 4.06. The molecule has 22 heavy (non-hydrogen) atoms. The predicted molar refractivity (Wildman–Crippen MR) is 81.3 cm³/mol. The first kappa shape index (κ1) is 14.3. The summed E-state index contributed by atoms with van der Waals surface area (Å²) in [6.45, 7) is 0. The van der Waals surface area contributed by atoms with Crippen LogP contribution in [-0.4, -0.2) is 16.0 Å². The van der Waals surface area contributed by atoms with Crippen LogP contribution >= 0.6 is 0 Å². The van der Waals surface area contributed by atoms with Gasteiger partial charge in [-0.05, 0) is 0 Å². The fraction of sp³-hybridized carbons (Fsp3) is 0.235. The van der Waals surface area contributed by atoms with Gasteiger partial charge in [0.15, 0.2) is 0 Å². The molecular formula is C17H15NO4. The molecule has 0 aromatic carbocycles. The Hall–Kier alpha value is -2.69. The smallest absolute Gasteiger partial charge is 0.332 e. The van der Waals surface area contributed by atoms with Crippen LogP contribution in [0.1, 0.15) is 0 Å². The number of hydrogen-bond acceptors (Lipinski definition) is 3. The molecule has 4 unspecified atom stereocenters. The Labute approximate surface area is 127 Å². The molecular weight excluding hydrogens is 282 g/mol. The zero-order valence-electron chi connectivity index (χ0n) is 11.7. The number of nitro groups is 1. The fourth-order valence-corrected chi connectivity index (χ4v) is 2.90. The van der Waals surface area contributed by atoms with Crippen molar-refractivity contribution in [3.63, 3.8) is 0 Å². The summed E-state index contributed by atoms with van der Waals surface area (Å²) in [5, 5.41) is 20.6. The third kappa shape index (κ3) is 2.70. The van der Waals surface area contributed by atoms with Gasteiger partial charge in [-0.3, -0.25) is 10.1 Å². The molecule has 0 saturated heterocycles. The molecule has 0 amide bonds. The fourth-order valence-electron chi connectivity index (χ4n) is 2.90. The second kappa shape index (κ2) is 5.60. The van der Waals surface area contributed by atoms with E-state index in [0.717, 1.165) is 0 Å². The van der Waals surface area contributed by atoms with E-state index in [1.165, 1.54) is 0 Å². The first-order valence-corrected chi connectivity index (χ1v) is 7.09. The van der Waals surface area contributed by atoms with Crippen molar-refractivity contribution in [2.45, 2.75) is 0 Å². The predicted octanol–water partition coefficient (Wildman–Crippen LogP) is 2.89. The van der Waals surface area contributed by atoms with Gasteiger partial charge in [0.25, 0.3) is 5.70 Å². The standard InChI is InChI=1S/C17H15NO4/c19-17(20)15-9-11-1-2-12-4-6-14(16(10-12)18(21)22)8-7-13(15)5-3-11/h1-14H,(H,19,20)/b2-1?,8-7-. The first-order chi connectivity index (χ1) is 10.5. The summed E-state index contributed by atoms with van der Waals surface area (Å²) < 4.78 is 0. The second-order valence-corrected chi connectivity index (χ2v) is 5.52. The van der Waals surface area contributed by atoms with E-state index in [2.05, 4.69) is 0 Å². The summed E-state index contributed by atoms with van der Waals surface area (Å²) in [7, 11) is 0. The molecule has 0 aliphatic heterocycles. The van der Waals surface area contributed by atoms with Crippen LogP contribution in [0.4, 0.5) is 0 Å². The van der Waals surface area contributed by atoms with Crippen molar-refractivity contribution in [2.24, 2.45) is 23.7 Å². The van der Waals surface area contributed by atoms with Crippen LogP contribution in [0.25, 0.3) is 0 Å². The van der Waals surface area contributed by atoms with E-state index < -0.39 is 11.9 Å². The maximum absolute atomic E-state index is 11.4. The highest BCUT2D eigenvalue weighted by atomic mass is 16.6. The Morgan fingerprint density at radius 2 is 1.41 bits per heavy atom. The molecule has 6 aliphatic carbocycles. The summed E-state index contributed by atoms with van der Waals surface area (Å²) in [5.41, 5.74) is 0.440. The molecule has 5 heteroatoms. The van der Waals surface area contributed by atoms with E-state index in [1.54, 1.807) is 30.4 Å². The molecule has 4 bridgehead atoms. The second-order valence-electron chi connectivity index (χ2n) is 5.52. The van der Waals surface area contributed by atoms with Gasteiger partial charge in [-0.15, -0.1) is 0 Å². The zero-order chi connectivity index (χ0) is 15.7. The number of carbonyl (C=O) groups is 1. The van der Waals surface area contributed by atoms with Gasteiger partial charge in [-0.25, -0.2) is 4.79 Å². The molecule has 4 atom stereocenters. The summed E-state index contributed by atoms with van der Waals surface area (Å²) >= 11 is 0. The third-order valence-electron chi connectivity index (χ3n) is 4.06. The monoisotopic (exact) mass is 297 g/mol. The minimum Gasteiger partial charge on any atom is -0.478 e. The van der Waals surface area contributed by atoms with Crippen molar-refractivity contribution in [3.05, 3.63) is 82.1 Å². The van der Waals surface area contributed by atoms with E-state index in [-0.39, 0.29) is 28.4 Å². The lowest BCUT2D eigenvalue weighted by Crippen LogP contribution is -2.17. The average molecular weight is 297 g/mol. The minimum atomic E-state index is -0.958. The largest absolute Gasteiger partial charge is 0.478 e. The number of rotatable bonds is 2. The SMILES string of the molecule is O=C(O)C1=CC2C=CC3C=CC(/C=C\C1C=C2)C([N+](=O)[O-])=C3. The molecule has 0 aromatic rings. The molecule has 0 spiro atoms. The van der Waals surface area contributed by atoms with Crippen LogP contribution in [-0.2, 0) is 4.79 Å². The number of aliphatic carboxylic acids is 1. The van der Waals surface area contributed by atoms with Gasteiger partial charge >= 0.3 is 5.97 Å². The van der Waals surface area contributed by atoms with Crippen LogP contribution in [0.3, 0.4) is 0 Å². The first-order valence-electron chi connectivity index (χ1n) is 7.09. The van der Waals surface area contributed by atoms with Crippen molar-refractivity contribution < 1.29 is 14.8 Å². The summed E-state index contributed by atoms with van der Waals surface area (Å²) in [6, 6.07) is 0. The van der Waals surface area contributed by atoms with Crippen LogP contribution in [0.2, 0.25) is 0 Å². The van der Waals surface area contributed by atoms with E-state index >= 15 is 0 Å². The van der Waals surface area contributed by atoms with E-state index in [9.17, 15) is 20.0 Å². The van der Waals surface area contributed by atoms with Gasteiger partial charge in [0.1, 0.15) is 0 Å². The average Bonchev–Trinajstić information content (AvgIpc) is 2.49. The number of allylic oxidation sites excluding steroid dienone is 9. The Kier molecular flexibility index (Phi) is 3.63. The van der Waals surface area contributed by atoms with E-state index in [0.29, 0.717) is 5.57 Å². The maximum atomic E-state index is 11.4. The minimum absolute atomic E-state index is 0.103. The molecule has 0 heterocycles. The van der Waals surface area contributed by atoms with Gasteiger partial charge in [-0.2, -0.15) is 0 Å². The highest BCUT2D eigenvalue weighted by molar-refractivity contribution is 5.88. The van der Waals surface area contributed by atoms with Crippen molar-refractivity contribution in [1.82, 2.24) is 0 Å². The van der Waals surface area contributed by atoms with Gasteiger partial charge < -0.3 is 5.11 Å². The van der Waals surface area contributed by atoms with Crippen molar-refractivity contribution in [1.29, 1.82) is 0 Å².